The monoisotopic (exact) mass is 648 g/mol. The van der Waals surface area contributed by atoms with Gasteiger partial charge in [-0.25, -0.2) is 0 Å². The second-order valence-electron chi connectivity index (χ2n) is 6.17. The minimum Gasteiger partial charge on any atom is -0.493 e. The van der Waals surface area contributed by atoms with Crippen molar-refractivity contribution in [1.29, 1.82) is 0 Å². The third-order valence-corrected chi connectivity index (χ3v) is 7.24. The second-order valence-corrected chi connectivity index (χ2v) is 10.5. The van der Waals surface area contributed by atoms with Crippen LogP contribution in [0.25, 0.3) is 6.08 Å². The van der Waals surface area contributed by atoms with Crippen molar-refractivity contribution in [3.05, 3.63) is 54.2 Å². The Kier molecular flexibility index (Phi) is 8.19. The lowest BCUT2D eigenvalue weighted by Gasteiger charge is -2.15. The molecule has 2 aromatic carbocycles. The number of halogens is 3. The van der Waals surface area contributed by atoms with Gasteiger partial charge in [-0.3, -0.25) is 14.5 Å². The number of amides is 2. The SMILES string of the molecule is COc1ccc(C=C2SC(=S)N(CC(=O)Nc3c(Br)cc(Br)cc3Br)C2=O)cc1OC. The zero-order valence-electron chi connectivity index (χ0n) is 16.2. The molecule has 0 saturated carbocycles. The van der Waals surface area contributed by atoms with E-state index < -0.39 is 0 Å². The summed E-state index contributed by atoms with van der Waals surface area (Å²) in [7, 11) is 3.10. The van der Waals surface area contributed by atoms with Crippen LogP contribution in [0.5, 0.6) is 11.5 Å². The van der Waals surface area contributed by atoms with Gasteiger partial charge in [-0.15, -0.1) is 0 Å². The first-order valence-electron chi connectivity index (χ1n) is 8.65. The van der Waals surface area contributed by atoms with Crippen LogP contribution in [0.15, 0.2) is 48.7 Å². The summed E-state index contributed by atoms with van der Waals surface area (Å²) in [5.41, 5.74) is 1.32. The molecule has 1 aliphatic rings. The fourth-order valence-electron chi connectivity index (χ4n) is 2.71. The maximum atomic E-state index is 12.9. The lowest BCUT2D eigenvalue weighted by molar-refractivity contribution is -0.126. The Balaban J connectivity index is 1.75. The minimum absolute atomic E-state index is 0.192. The number of methoxy groups -OCH3 is 2. The average molecular weight is 651 g/mol. The highest BCUT2D eigenvalue weighted by atomic mass is 79.9. The van der Waals surface area contributed by atoms with Crippen LogP contribution in [0.2, 0.25) is 0 Å². The molecule has 162 valence electrons. The number of carbonyl (C=O) groups is 2. The normalized spacial score (nSPS) is 14.9. The fourth-order valence-corrected chi connectivity index (χ4v) is 6.43. The smallest absolute Gasteiger partial charge is 0.266 e. The number of anilines is 1. The summed E-state index contributed by atoms with van der Waals surface area (Å²) in [5.74, 6) is 0.451. The molecular weight excluding hydrogens is 636 g/mol. The van der Waals surface area contributed by atoms with Crippen LogP contribution in [0.1, 0.15) is 5.56 Å². The maximum absolute atomic E-state index is 12.9. The van der Waals surface area contributed by atoms with E-state index in [4.69, 9.17) is 21.7 Å². The van der Waals surface area contributed by atoms with Crippen molar-refractivity contribution >= 4 is 99.7 Å². The standard InChI is InChI=1S/C20H15Br3N2O4S2/c1-28-14-4-3-10(5-15(14)29-2)6-16-19(27)25(20(30)31-16)9-17(26)24-18-12(22)7-11(21)8-13(18)23/h3-8H,9H2,1-2H3,(H,24,26). The molecule has 0 spiro atoms. The zero-order valence-corrected chi connectivity index (χ0v) is 22.6. The highest BCUT2D eigenvalue weighted by molar-refractivity contribution is 9.11. The topological polar surface area (TPSA) is 67.9 Å². The van der Waals surface area contributed by atoms with E-state index in [1.807, 2.05) is 18.2 Å². The van der Waals surface area contributed by atoms with Gasteiger partial charge in [0.25, 0.3) is 5.91 Å². The van der Waals surface area contributed by atoms with Crippen LogP contribution in [0, 0.1) is 0 Å². The van der Waals surface area contributed by atoms with Crippen molar-refractivity contribution in [2.75, 3.05) is 26.1 Å². The van der Waals surface area contributed by atoms with E-state index in [-0.39, 0.29) is 18.4 Å². The molecule has 1 fully saturated rings. The van der Waals surface area contributed by atoms with Gasteiger partial charge < -0.3 is 14.8 Å². The molecular formula is C20H15Br3N2O4S2. The number of ether oxygens (including phenoxy) is 2. The van der Waals surface area contributed by atoms with E-state index in [2.05, 4.69) is 53.1 Å². The van der Waals surface area contributed by atoms with E-state index in [9.17, 15) is 9.59 Å². The molecule has 2 aromatic rings. The number of nitrogens with one attached hydrogen (secondary N) is 1. The molecule has 1 N–H and O–H groups in total. The summed E-state index contributed by atoms with van der Waals surface area (Å²) in [6, 6.07) is 8.95. The summed E-state index contributed by atoms with van der Waals surface area (Å²) < 4.78 is 13.1. The molecule has 0 aliphatic carbocycles. The highest BCUT2D eigenvalue weighted by Crippen LogP contribution is 2.36. The van der Waals surface area contributed by atoms with Crippen LogP contribution >= 0.6 is 71.8 Å². The number of carbonyl (C=O) groups excluding carboxylic acids is 2. The van der Waals surface area contributed by atoms with Gasteiger partial charge in [-0.05, 0) is 67.8 Å². The number of hydrogen-bond donors (Lipinski definition) is 1. The van der Waals surface area contributed by atoms with Crippen LogP contribution in [-0.4, -0.2) is 41.8 Å². The van der Waals surface area contributed by atoms with Gasteiger partial charge in [0, 0.05) is 13.4 Å². The first-order chi connectivity index (χ1) is 14.7. The fraction of sp³-hybridized carbons (Fsp3) is 0.150. The van der Waals surface area contributed by atoms with E-state index in [0.717, 1.165) is 21.8 Å². The van der Waals surface area contributed by atoms with Crippen LogP contribution < -0.4 is 14.8 Å². The summed E-state index contributed by atoms with van der Waals surface area (Å²) in [6.07, 6.45) is 1.71. The Morgan fingerprint density at radius 1 is 1.13 bits per heavy atom. The molecule has 11 heteroatoms. The molecule has 0 unspecified atom stereocenters. The number of hydrogen-bond acceptors (Lipinski definition) is 6. The van der Waals surface area contributed by atoms with Gasteiger partial charge in [0.2, 0.25) is 5.91 Å². The lowest BCUT2D eigenvalue weighted by Crippen LogP contribution is -2.36. The quantitative estimate of drug-likeness (QED) is 0.314. The molecule has 0 radical (unpaired) electrons. The van der Waals surface area contributed by atoms with Crippen LogP contribution in [0.4, 0.5) is 5.69 Å². The zero-order chi connectivity index (χ0) is 22.7. The van der Waals surface area contributed by atoms with Crippen LogP contribution in [0.3, 0.4) is 0 Å². The summed E-state index contributed by atoms with van der Waals surface area (Å²) >= 11 is 16.7. The Morgan fingerprint density at radius 2 is 1.77 bits per heavy atom. The third kappa shape index (κ3) is 5.70. The van der Waals surface area contributed by atoms with Crippen molar-refractivity contribution in [3.8, 4) is 11.5 Å². The van der Waals surface area contributed by atoms with E-state index in [0.29, 0.717) is 35.4 Å². The lowest BCUT2D eigenvalue weighted by atomic mass is 10.2. The average Bonchev–Trinajstić information content (AvgIpc) is 2.97. The van der Waals surface area contributed by atoms with Crippen molar-refractivity contribution < 1.29 is 19.1 Å². The van der Waals surface area contributed by atoms with Gasteiger partial charge in [0.05, 0.1) is 24.8 Å². The predicted molar refractivity (Wildman–Crippen MR) is 138 cm³/mol. The van der Waals surface area contributed by atoms with Crippen molar-refractivity contribution in [2.45, 2.75) is 0 Å². The Labute approximate surface area is 214 Å². The number of benzene rings is 2. The molecule has 6 nitrogen and oxygen atoms in total. The predicted octanol–water partition coefficient (Wildman–Crippen LogP) is 5.83. The summed E-state index contributed by atoms with van der Waals surface area (Å²) in [5, 5.41) is 2.80. The molecule has 31 heavy (non-hydrogen) atoms. The Morgan fingerprint density at radius 3 is 2.39 bits per heavy atom. The first-order valence-corrected chi connectivity index (χ1v) is 12.3. The van der Waals surface area contributed by atoms with Crippen molar-refractivity contribution in [2.24, 2.45) is 0 Å². The molecule has 0 aromatic heterocycles. The Bertz CT molecular complexity index is 1080. The molecule has 2 amide bonds. The van der Waals surface area contributed by atoms with Crippen molar-refractivity contribution in [3.63, 3.8) is 0 Å². The summed E-state index contributed by atoms with van der Waals surface area (Å²) in [6.45, 7) is -0.192. The Hall–Kier alpha value is -1.40. The van der Waals surface area contributed by atoms with E-state index in [1.165, 1.54) is 4.90 Å². The van der Waals surface area contributed by atoms with Gasteiger partial charge >= 0.3 is 0 Å². The second kappa shape index (κ2) is 10.5. The molecule has 0 atom stereocenters. The number of thiocarbonyl (C=S) groups is 1. The molecule has 1 aliphatic heterocycles. The molecule has 3 rings (SSSR count). The van der Waals surface area contributed by atoms with Gasteiger partial charge in [-0.1, -0.05) is 46.0 Å². The molecule has 1 heterocycles. The van der Waals surface area contributed by atoms with Crippen LogP contribution in [-0.2, 0) is 9.59 Å². The third-order valence-electron chi connectivity index (χ3n) is 4.15. The number of nitrogens with zero attached hydrogens (tertiary/aromatic N) is 1. The highest BCUT2D eigenvalue weighted by Gasteiger charge is 2.33. The molecule has 1 saturated heterocycles. The summed E-state index contributed by atoms with van der Waals surface area (Å²) in [4.78, 5) is 27.2. The van der Waals surface area contributed by atoms with Crippen molar-refractivity contribution in [1.82, 2.24) is 4.90 Å². The van der Waals surface area contributed by atoms with Gasteiger partial charge in [0.15, 0.2) is 11.5 Å². The largest absolute Gasteiger partial charge is 0.493 e. The van der Waals surface area contributed by atoms with E-state index >= 15 is 0 Å². The first kappa shape index (κ1) is 24.2. The number of thioether (sulfide) groups is 1. The molecule has 0 bridgehead atoms. The van der Waals surface area contributed by atoms with Gasteiger partial charge in [0.1, 0.15) is 10.9 Å². The number of rotatable bonds is 6. The van der Waals surface area contributed by atoms with Gasteiger partial charge in [-0.2, -0.15) is 0 Å². The minimum atomic E-state index is -0.368. The maximum Gasteiger partial charge on any atom is 0.266 e. The van der Waals surface area contributed by atoms with E-state index in [1.54, 1.807) is 32.4 Å².